The lowest BCUT2D eigenvalue weighted by Gasteiger charge is -2.36. The first kappa shape index (κ1) is 20.9. The second-order valence-corrected chi connectivity index (χ2v) is 7.41. The van der Waals surface area contributed by atoms with Gasteiger partial charge in [0.15, 0.2) is 12.6 Å². The lowest BCUT2D eigenvalue weighted by molar-refractivity contribution is -0.121. The van der Waals surface area contributed by atoms with Gasteiger partial charge in [0.1, 0.15) is 5.75 Å². The molecule has 1 aromatic heterocycles. The summed E-state index contributed by atoms with van der Waals surface area (Å²) in [6.07, 6.45) is 4.34. The zero-order valence-corrected chi connectivity index (χ0v) is 17.9. The van der Waals surface area contributed by atoms with Gasteiger partial charge in [0.25, 0.3) is 5.91 Å². The summed E-state index contributed by atoms with van der Waals surface area (Å²) in [7, 11) is 0. The molecule has 1 saturated heterocycles. The summed E-state index contributed by atoms with van der Waals surface area (Å²) in [4.78, 5) is 32.1. The number of fused-ring (bicyclic) bond motifs is 1. The van der Waals surface area contributed by atoms with Gasteiger partial charge in [-0.2, -0.15) is 0 Å². The summed E-state index contributed by atoms with van der Waals surface area (Å²) < 4.78 is 5.51. The second-order valence-electron chi connectivity index (χ2n) is 7.41. The predicted molar refractivity (Wildman–Crippen MR) is 121 cm³/mol. The fraction of sp³-hybridized carbons (Fsp3) is 0.455. The van der Waals surface area contributed by atoms with Crippen LogP contribution in [-0.4, -0.2) is 79.2 Å². The van der Waals surface area contributed by atoms with E-state index < -0.39 is 0 Å². The van der Waals surface area contributed by atoms with Crippen molar-refractivity contribution in [2.75, 3.05) is 62.2 Å². The second kappa shape index (κ2) is 10.1. The smallest absolute Gasteiger partial charge is 0.265 e. The number of hydrogen-bond acceptors (Lipinski definition) is 6. The van der Waals surface area contributed by atoms with Crippen LogP contribution in [-0.2, 0) is 4.79 Å². The molecule has 9 heteroatoms. The van der Waals surface area contributed by atoms with Crippen LogP contribution in [0.5, 0.6) is 5.75 Å². The first-order valence-electron chi connectivity index (χ1n) is 10.8. The van der Waals surface area contributed by atoms with Crippen LogP contribution < -0.4 is 19.9 Å². The normalized spacial score (nSPS) is 16.7. The molecule has 2 aliphatic heterocycles. The Kier molecular flexibility index (Phi) is 6.81. The first-order valence-corrected chi connectivity index (χ1v) is 10.8. The third kappa shape index (κ3) is 5.04. The Labute approximate surface area is 182 Å². The Morgan fingerprint density at radius 3 is 2.68 bits per heavy atom. The van der Waals surface area contributed by atoms with Crippen LogP contribution in [0.3, 0.4) is 0 Å². The van der Waals surface area contributed by atoms with Gasteiger partial charge < -0.3 is 24.8 Å². The van der Waals surface area contributed by atoms with Crippen molar-refractivity contribution in [1.82, 2.24) is 20.2 Å². The molecule has 9 nitrogen and oxygen atoms in total. The fourth-order valence-electron chi connectivity index (χ4n) is 3.81. The average molecular weight is 424 g/mol. The number of piperazine rings is 1. The Morgan fingerprint density at radius 1 is 1.13 bits per heavy atom. The van der Waals surface area contributed by atoms with Crippen LogP contribution in [0.4, 0.5) is 11.6 Å². The number of rotatable bonds is 6. The van der Waals surface area contributed by atoms with Crippen molar-refractivity contribution >= 4 is 23.5 Å². The number of ether oxygens (including phenoxy) is 1. The van der Waals surface area contributed by atoms with E-state index in [1.165, 1.54) is 0 Å². The van der Waals surface area contributed by atoms with Gasteiger partial charge in [-0.1, -0.05) is 12.1 Å². The van der Waals surface area contributed by atoms with E-state index in [9.17, 15) is 4.79 Å². The van der Waals surface area contributed by atoms with E-state index in [1.54, 1.807) is 17.3 Å². The Hall–Kier alpha value is -3.36. The van der Waals surface area contributed by atoms with E-state index in [1.807, 2.05) is 30.3 Å². The highest BCUT2D eigenvalue weighted by Gasteiger charge is 2.25. The number of carbonyl (C=O) groups excluding carboxylic acids is 1. The third-order valence-corrected chi connectivity index (χ3v) is 5.36. The molecule has 0 radical (unpaired) electrons. The highest BCUT2D eigenvalue weighted by molar-refractivity contribution is 5.97. The summed E-state index contributed by atoms with van der Waals surface area (Å²) >= 11 is 0. The van der Waals surface area contributed by atoms with Crippen molar-refractivity contribution in [2.24, 2.45) is 4.99 Å². The molecule has 0 bridgehead atoms. The van der Waals surface area contributed by atoms with Gasteiger partial charge in [-0.05, 0) is 31.5 Å². The minimum Gasteiger partial charge on any atom is -0.482 e. The topological polar surface area (TPSA) is 86.2 Å². The SMILES string of the molecule is CCNC(=NCCCN1C(=O)COc2ccccc21)N1CCN(c2ncccn2)CC1. The minimum absolute atomic E-state index is 0.00570. The van der Waals surface area contributed by atoms with Crippen molar-refractivity contribution in [2.45, 2.75) is 13.3 Å². The van der Waals surface area contributed by atoms with E-state index in [0.29, 0.717) is 13.1 Å². The van der Waals surface area contributed by atoms with E-state index >= 15 is 0 Å². The van der Waals surface area contributed by atoms with E-state index in [0.717, 1.165) is 62.5 Å². The van der Waals surface area contributed by atoms with Crippen LogP contribution in [0.2, 0.25) is 0 Å². The maximum atomic E-state index is 12.3. The molecule has 0 aliphatic carbocycles. The van der Waals surface area contributed by atoms with Gasteiger partial charge in [0.2, 0.25) is 5.95 Å². The number of guanidine groups is 1. The molecule has 0 unspecified atom stereocenters. The van der Waals surface area contributed by atoms with Gasteiger partial charge >= 0.3 is 0 Å². The van der Waals surface area contributed by atoms with E-state index in [4.69, 9.17) is 9.73 Å². The Morgan fingerprint density at radius 2 is 1.90 bits per heavy atom. The third-order valence-electron chi connectivity index (χ3n) is 5.36. The molecule has 0 atom stereocenters. The molecule has 0 saturated carbocycles. The number of para-hydroxylation sites is 2. The zero-order chi connectivity index (χ0) is 21.5. The van der Waals surface area contributed by atoms with Crippen LogP contribution in [0, 0.1) is 0 Å². The number of nitrogens with zero attached hydrogens (tertiary/aromatic N) is 6. The summed E-state index contributed by atoms with van der Waals surface area (Å²) in [6.45, 7) is 7.69. The van der Waals surface area contributed by atoms with Gasteiger partial charge in [-0.15, -0.1) is 0 Å². The standard InChI is InChI=1S/C22H29N7O2/c1-2-23-21(27-13-15-28(16-14-27)22-24-9-5-10-25-22)26-11-6-12-29-18-7-3-4-8-19(18)31-17-20(29)30/h3-5,7-10H,2,6,11-17H2,1H3,(H,23,26). The molecule has 1 amide bonds. The lowest BCUT2D eigenvalue weighted by atomic mass is 10.2. The number of anilines is 2. The number of nitrogens with one attached hydrogen (secondary N) is 1. The van der Waals surface area contributed by atoms with Gasteiger partial charge in [-0.25, -0.2) is 9.97 Å². The molecule has 1 fully saturated rings. The van der Waals surface area contributed by atoms with Crippen LogP contribution in [0.15, 0.2) is 47.7 Å². The highest BCUT2D eigenvalue weighted by Crippen LogP contribution is 2.31. The quantitative estimate of drug-likeness (QED) is 0.427. The monoisotopic (exact) mass is 423 g/mol. The number of carbonyl (C=O) groups is 1. The van der Waals surface area contributed by atoms with Crippen molar-refractivity contribution in [3.8, 4) is 5.75 Å². The molecular formula is C22H29N7O2. The number of hydrogen-bond donors (Lipinski definition) is 1. The average Bonchev–Trinajstić information content (AvgIpc) is 2.83. The lowest BCUT2D eigenvalue weighted by Crippen LogP contribution is -2.53. The van der Waals surface area contributed by atoms with E-state index in [-0.39, 0.29) is 12.5 Å². The molecule has 2 aromatic rings. The maximum Gasteiger partial charge on any atom is 0.265 e. The van der Waals surface area contributed by atoms with Crippen molar-refractivity contribution < 1.29 is 9.53 Å². The van der Waals surface area contributed by atoms with Crippen molar-refractivity contribution in [3.05, 3.63) is 42.7 Å². The number of aliphatic imine (C=N–C) groups is 1. The van der Waals surface area contributed by atoms with Crippen LogP contribution in [0.25, 0.3) is 0 Å². The summed E-state index contributed by atoms with van der Waals surface area (Å²) in [5.41, 5.74) is 0.842. The van der Waals surface area contributed by atoms with Gasteiger partial charge in [0, 0.05) is 58.2 Å². The molecule has 4 rings (SSSR count). The van der Waals surface area contributed by atoms with Gasteiger partial charge in [-0.3, -0.25) is 9.79 Å². The molecular weight excluding hydrogens is 394 g/mol. The summed E-state index contributed by atoms with van der Waals surface area (Å²) in [5, 5.41) is 3.40. The maximum absolute atomic E-state index is 12.3. The molecule has 164 valence electrons. The summed E-state index contributed by atoms with van der Waals surface area (Å²) in [6, 6.07) is 9.50. The number of aromatic nitrogens is 2. The van der Waals surface area contributed by atoms with Crippen LogP contribution >= 0.6 is 0 Å². The zero-order valence-electron chi connectivity index (χ0n) is 17.9. The van der Waals surface area contributed by atoms with Crippen LogP contribution in [0.1, 0.15) is 13.3 Å². The molecule has 31 heavy (non-hydrogen) atoms. The van der Waals surface area contributed by atoms with Crippen molar-refractivity contribution in [1.29, 1.82) is 0 Å². The minimum atomic E-state index is -0.00570. The molecule has 0 spiro atoms. The fourth-order valence-corrected chi connectivity index (χ4v) is 3.81. The van der Waals surface area contributed by atoms with Crippen molar-refractivity contribution in [3.63, 3.8) is 0 Å². The first-order chi connectivity index (χ1) is 15.3. The summed E-state index contributed by atoms with van der Waals surface area (Å²) in [5.74, 6) is 2.46. The molecule has 3 heterocycles. The molecule has 2 aliphatic rings. The predicted octanol–water partition coefficient (Wildman–Crippen LogP) is 1.38. The Bertz CT molecular complexity index is 898. The molecule has 1 N–H and O–H groups in total. The number of amides is 1. The highest BCUT2D eigenvalue weighted by atomic mass is 16.5. The van der Waals surface area contributed by atoms with Gasteiger partial charge in [0.05, 0.1) is 5.69 Å². The van der Waals surface area contributed by atoms with E-state index in [2.05, 4.69) is 32.0 Å². The molecule has 1 aromatic carbocycles. The largest absolute Gasteiger partial charge is 0.482 e. The number of benzene rings is 1. The Balaban J connectivity index is 1.31.